The molecule has 0 N–H and O–H groups in total. The molecule has 9 nitrogen and oxygen atoms in total. The van der Waals surface area contributed by atoms with Crippen molar-refractivity contribution in [3.63, 3.8) is 0 Å². The molecule has 2 rings (SSSR count). The number of halogens is 1. The number of nitro benzene ring substituents is 1. The quantitative estimate of drug-likeness (QED) is 0.432. The molecule has 0 aliphatic rings. The van der Waals surface area contributed by atoms with Gasteiger partial charge in [-0.2, -0.15) is 0 Å². The fourth-order valence-corrected chi connectivity index (χ4v) is 2.52. The summed E-state index contributed by atoms with van der Waals surface area (Å²) < 4.78 is 9.82. The lowest BCUT2D eigenvalue weighted by atomic mass is 10.0. The summed E-state index contributed by atoms with van der Waals surface area (Å²) in [5, 5.41) is 10.8. The van der Waals surface area contributed by atoms with Gasteiger partial charge in [0.15, 0.2) is 5.69 Å². The zero-order valence-electron chi connectivity index (χ0n) is 15.2. The Morgan fingerprint density at radius 1 is 1.37 bits per heavy atom. The number of non-ortho nitro benzene ring substituents is 1. The first kappa shape index (κ1) is 20.4. The Morgan fingerprint density at radius 2 is 2.04 bits per heavy atom. The van der Waals surface area contributed by atoms with Crippen molar-refractivity contribution in [1.82, 2.24) is 9.88 Å². The first-order valence-electron chi connectivity index (χ1n) is 7.83. The van der Waals surface area contributed by atoms with E-state index in [0.717, 1.165) is 12.3 Å². The Morgan fingerprint density at radius 3 is 2.56 bits per heavy atom. The molecule has 0 unspecified atom stereocenters. The van der Waals surface area contributed by atoms with Crippen molar-refractivity contribution in [2.45, 2.75) is 32.9 Å². The number of esters is 1. The van der Waals surface area contributed by atoms with Crippen LogP contribution in [0.5, 0.6) is 0 Å². The average Bonchev–Trinajstić information content (AvgIpc) is 3.06. The fourth-order valence-electron chi connectivity index (χ4n) is 2.27. The molecule has 1 amide bonds. The van der Waals surface area contributed by atoms with Crippen LogP contribution in [0.15, 0.2) is 28.9 Å². The van der Waals surface area contributed by atoms with Gasteiger partial charge >= 0.3 is 5.97 Å². The molecule has 0 fully saturated rings. The molecule has 1 heterocycles. The fraction of sp³-hybridized carbons (Fsp3) is 0.353. The van der Waals surface area contributed by atoms with Crippen LogP contribution in [0.25, 0.3) is 0 Å². The third kappa shape index (κ3) is 4.62. The molecule has 27 heavy (non-hydrogen) atoms. The van der Waals surface area contributed by atoms with Crippen molar-refractivity contribution in [3.8, 4) is 0 Å². The van der Waals surface area contributed by atoms with Crippen molar-refractivity contribution in [3.05, 3.63) is 56.7 Å². The number of rotatable bonds is 5. The lowest BCUT2D eigenvalue weighted by molar-refractivity contribution is -0.384. The van der Waals surface area contributed by atoms with E-state index in [4.69, 9.17) is 16.0 Å². The molecule has 0 spiro atoms. The Balaban J connectivity index is 2.34. The number of amides is 1. The molecule has 0 saturated heterocycles. The summed E-state index contributed by atoms with van der Waals surface area (Å²) in [6.45, 7) is 5.36. The monoisotopic (exact) mass is 395 g/mol. The van der Waals surface area contributed by atoms with Crippen LogP contribution in [0.4, 0.5) is 5.69 Å². The molecule has 10 heteroatoms. The number of hydrogen-bond donors (Lipinski definition) is 0. The summed E-state index contributed by atoms with van der Waals surface area (Å²) in [5.41, 5.74) is -0.768. The largest absolute Gasteiger partial charge is 0.464 e. The molecule has 0 saturated carbocycles. The normalized spacial score (nSPS) is 11.1. The molecule has 0 bridgehead atoms. The van der Waals surface area contributed by atoms with Crippen molar-refractivity contribution in [2.24, 2.45) is 0 Å². The molecule has 0 atom stereocenters. The second-order valence-corrected chi connectivity index (χ2v) is 7.01. The van der Waals surface area contributed by atoms with Crippen LogP contribution >= 0.6 is 11.6 Å². The number of carbonyl (C=O) groups is 2. The lowest BCUT2D eigenvalue weighted by Crippen LogP contribution is -2.45. The standard InChI is InChI=1S/C17H18ClN3O6/c1-17(2,3)20(8-14-19-13(9-27-14)16(23)26-4)15(22)11-6-5-10(21(24)25)7-12(11)18/h5-7,9H,8H2,1-4H3. The van der Waals surface area contributed by atoms with Gasteiger partial charge in [0.1, 0.15) is 6.26 Å². The predicted octanol–water partition coefficient (Wildman–Crippen LogP) is 3.46. The number of aromatic nitrogens is 1. The van der Waals surface area contributed by atoms with Crippen LogP contribution in [0.1, 0.15) is 47.5 Å². The Labute approximate surface area is 160 Å². The molecule has 1 aromatic heterocycles. The van der Waals surface area contributed by atoms with E-state index in [2.05, 4.69) is 9.72 Å². The minimum atomic E-state index is -0.656. The second-order valence-electron chi connectivity index (χ2n) is 6.60. The van der Waals surface area contributed by atoms with Crippen molar-refractivity contribution in [1.29, 1.82) is 0 Å². The minimum absolute atomic E-state index is 0.0119. The van der Waals surface area contributed by atoms with Crippen molar-refractivity contribution < 1.29 is 23.7 Å². The zero-order chi connectivity index (χ0) is 20.4. The van der Waals surface area contributed by atoms with E-state index in [1.54, 1.807) is 20.8 Å². The summed E-state index contributed by atoms with van der Waals surface area (Å²) in [7, 11) is 1.22. The van der Waals surface area contributed by atoms with Gasteiger partial charge in [0.25, 0.3) is 11.6 Å². The molecule has 0 aliphatic carbocycles. The van der Waals surface area contributed by atoms with E-state index in [1.807, 2.05) is 0 Å². The molecular formula is C17H18ClN3O6. The third-order valence-electron chi connectivity index (χ3n) is 3.69. The zero-order valence-corrected chi connectivity index (χ0v) is 15.9. The number of nitro groups is 1. The Kier molecular flexibility index (Phi) is 5.85. The number of benzene rings is 1. The molecule has 1 aromatic carbocycles. The van der Waals surface area contributed by atoms with Gasteiger partial charge in [-0.25, -0.2) is 9.78 Å². The average molecular weight is 396 g/mol. The third-order valence-corrected chi connectivity index (χ3v) is 4.00. The predicted molar refractivity (Wildman–Crippen MR) is 95.6 cm³/mol. The number of hydrogen-bond acceptors (Lipinski definition) is 7. The number of methoxy groups -OCH3 is 1. The maximum Gasteiger partial charge on any atom is 0.360 e. The molecule has 144 valence electrons. The minimum Gasteiger partial charge on any atom is -0.464 e. The van der Waals surface area contributed by atoms with Gasteiger partial charge in [-0.15, -0.1) is 0 Å². The second kappa shape index (κ2) is 7.75. The maximum absolute atomic E-state index is 13.0. The van der Waals surface area contributed by atoms with Crippen LogP contribution in [-0.4, -0.2) is 39.3 Å². The van der Waals surface area contributed by atoms with Gasteiger partial charge in [0.05, 0.1) is 29.2 Å². The van der Waals surface area contributed by atoms with Crippen molar-refractivity contribution in [2.75, 3.05) is 7.11 Å². The number of ether oxygens (including phenoxy) is 1. The van der Waals surface area contributed by atoms with Gasteiger partial charge in [0, 0.05) is 17.7 Å². The summed E-state index contributed by atoms with van der Waals surface area (Å²) in [6, 6.07) is 3.63. The molecule has 2 aromatic rings. The van der Waals surface area contributed by atoms with Crippen LogP contribution in [0, 0.1) is 10.1 Å². The topological polar surface area (TPSA) is 116 Å². The number of nitrogens with zero attached hydrogens (tertiary/aromatic N) is 3. The summed E-state index contributed by atoms with van der Waals surface area (Å²) in [5.74, 6) is -0.978. The van der Waals surface area contributed by atoms with Crippen LogP contribution < -0.4 is 0 Å². The number of carbonyl (C=O) groups excluding carboxylic acids is 2. The van der Waals surface area contributed by atoms with E-state index in [0.29, 0.717) is 0 Å². The molecule has 0 aliphatic heterocycles. The van der Waals surface area contributed by atoms with Crippen LogP contribution in [0.3, 0.4) is 0 Å². The van der Waals surface area contributed by atoms with Crippen LogP contribution in [0.2, 0.25) is 5.02 Å². The van der Waals surface area contributed by atoms with E-state index in [-0.39, 0.29) is 34.4 Å². The summed E-state index contributed by atoms with van der Waals surface area (Å²) in [6.07, 6.45) is 1.14. The lowest BCUT2D eigenvalue weighted by Gasteiger charge is -2.35. The number of oxazole rings is 1. The van der Waals surface area contributed by atoms with Crippen LogP contribution in [-0.2, 0) is 11.3 Å². The summed E-state index contributed by atoms with van der Waals surface area (Å²) >= 11 is 6.08. The van der Waals surface area contributed by atoms with E-state index >= 15 is 0 Å². The first-order valence-corrected chi connectivity index (χ1v) is 8.21. The molecule has 0 radical (unpaired) electrons. The van der Waals surface area contributed by atoms with Gasteiger partial charge in [-0.1, -0.05) is 11.6 Å². The Hall–Kier alpha value is -2.94. The van der Waals surface area contributed by atoms with Gasteiger partial charge in [0.2, 0.25) is 5.89 Å². The summed E-state index contributed by atoms with van der Waals surface area (Å²) in [4.78, 5) is 40.2. The highest BCUT2D eigenvalue weighted by Crippen LogP contribution is 2.27. The Bertz CT molecular complexity index is 887. The molecular weight excluding hydrogens is 378 g/mol. The SMILES string of the molecule is COC(=O)c1coc(CN(C(=O)c2ccc([N+](=O)[O-])cc2Cl)C(C)(C)C)n1. The highest BCUT2D eigenvalue weighted by molar-refractivity contribution is 6.34. The van der Waals surface area contributed by atoms with E-state index in [9.17, 15) is 19.7 Å². The highest BCUT2D eigenvalue weighted by atomic mass is 35.5. The first-order chi connectivity index (χ1) is 12.5. The van der Waals surface area contributed by atoms with Gasteiger partial charge in [-0.05, 0) is 26.8 Å². The van der Waals surface area contributed by atoms with Gasteiger partial charge < -0.3 is 14.1 Å². The smallest absolute Gasteiger partial charge is 0.360 e. The van der Waals surface area contributed by atoms with E-state index in [1.165, 1.54) is 24.1 Å². The van der Waals surface area contributed by atoms with Gasteiger partial charge in [-0.3, -0.25) is 14.9 Å². The maximum atomic E-state index is 13.0. The van der Waals surface area contributed by atoms with Crippen molar-refractivity contribution >= 4 is 29.2 Å². The highest BCUT2D eigenvalue weighted by Gasteiger charge is 2.31. The van der Waals surface area contributed by atoms with E-state index < -0.39 is 22.3 Å².